The molecule has 0 bridgehead atoms. The Labute approximate surface area is 189 Å². The van der Waals surface area contributed by atoms with Crippen LogP contribution in [0.2, 0.25) is 0 Å². The van der Waals surface area contributed by atoms with Gasteiger partial charge >= 0.3 is 0 Å². The molecule has 0 radical (unpaired) electrons. The van der Waals surface area contributed by atoms with Crippen LogP contribution < -0.4 is 9.80 Å². The lowest BCUT2D eigenvalue weighted by atomic mass is 10.1. The minimum atomic E-state index is 0.0270. The number of thioether (sulfide) groups is 1. The summed E-state index contributed by atoms with van der Waals surface area (Å²) in [4.78, 5) is 24.7. The van der Waals surface area contributed by atoms with Gasteiger partial charge in [-0.1, -0.05) is 6.07 Å². The van der Waals surface area contributed by atoms with Crippen LogP contribution in [0.1, 0.15) is 30.9 Å². The second-order valence-electron chi connectivity index (χ2n) is 8.20. The molecule has 2 aliphatic heterocycles. The zero-order valence-corrected chi connectivity index (χ0v) is 19.6. The number of carbonyl (C=O) groups excluding carboxylic acids is 1. The van der Waals surface area contributed by atoms with E-state index in [2.05, 4.69) is 34.9 Å². The summed E-state index contributed by atoms with van der Waals surface area (Å²) >= 11 is 1.46. The van der Waals surface area contributed by atoms with Gasteiger partial charge in [0.2, 0.25) is 0 Å². The molecule has 31 heavy (non-hydrogen) atoms. The Balaban J connectivity index is 1.58. The molecule has 1 amide bonds. The summed E-state index contributed by atoms with van der Waals surface area (Å²) in [6, 6.07) is 14.6. The zero-order chi connectivity index (χ0) is 22.0. The standard InChI is InChI=1S/C25H30N4OS/c1-5-29-24(30)23(31-25(29)26-20-9-12-21(13-10-20)27(3)4)17-19-8-11-22(16-18(19)2)28-14-6-7-15-28/h8-13,16-17H,5-7,14-15H2,1-4H3/b23-17-,26-25?. The number of nitrogens with zero attached hydrogens (tertiary/aromatic N) is 4. The van der Waals surface area contributed by atoms with E-state index in [0.717, 1.165) is 40.1 Å². The first kappa shape index (κ1) is 21.5. The van der Waals surface area contributed by atoms with Gasteiger partial charge in [0.15, 0.2) is 5.17 Å². The highest BCUT2D eigenvalue weighted by molar-refractivity contribution is 8.18. The lowest BCUT2D eigenvalue weighted by molar-refractivity contribution is -0.122. The third-order valence-electron chi connectivity index (χ3n) is 5.81. The third-order valence-corrected chi connectivity index (χ3v) is 6.81. The Kier molecular flexibility index (Phi) is 6.37. The summed E-state index contributed by atoms with van der Waals surface area (Å²) in [6.07, 6.45) is 4.54. The first-order valence-corrected chi connectivity index (χ1v) is 11.7. The van der Waals surface area contributed by atoms with Crippen LogP contribution in [0.3, 0.4) is 0 Å². The summed E-state index contributed by atoms with van der Waals surface area (Å²) in [6.45, 7) is 6.98. The van der Waals surface area contributed by atoms with Gasteiger partial charge in [0.1, 0.15) is 0 Å². The van der Waals surface area contributed by atoms with E-state index in [1.807, 2.05) is 51.4 Å². The molecule has 0 aromatic heterocycles. The molecule has 0 aliphatic carbocycles. The molecule has 2 aromatic carbocycles. The molecular formula is C25H30N4OS. The number of likely N-dealkylation sites (N-methyl/N-ethyl adjacent to an activating group) is 1. The van der Waals surface area contributed by atoms with Crippen molar-refractivity contribution in [1.82, 2.24) is 4.90 Å². The van der Waals surface area contributed by atoms with Crippen molar-refractivity contribution in [3.8, 4) is 0 Å². The summed E-state index contributed by atoms with van der Waals surface area (Å²) in [5.74, 6) is 0.0270. The average Bonchev–Trinajstić information content (AvgIpc) is 3.39. The maximum atomic E-state index is 13.0. The highest BCUT2D eigenvalue weighted by Crippen LogP contribution is 2.35. The van der Waals surface area contributed by atoms with Gasteiger partial charge in [-0.25, -0.2) is 4.99 Å². The molecule has 5 nitrogen and oxygen atoms in total. The topological polar surface area (TPSA) is 39.2 Å². The highest BCUT2D eigenvalue weighted by atomic mass is 32.2. The monoisotopic (exact) mass is 434 g/mol. The van der Waals surface area contributed by atoms with E-state index in [-0.39, 0.29) is 5.91 Å². The molecule has 6 heteroatoms. The smallest absolute Gasteiger partial charge is 0.266 e. The van der Waals surface area contributed by atoms with Crippen molar-refractivity contribution in [2.24, 2.45) is 4.99 Å². The average molecular weight is 435 g/mol. The van der Waals surface area contributed by atoms with Crippen LogP contribution in [-0.2, 0) is 4.79 Å². The fourth-order valence-electron chi connectivity index (χ4n) is 3.94. The fourth-order valence-corrected chi connectivity index (χ4v) is 4.99. The van der Waals surface area contributed by atoms with Gasteiger partial charge in [-0.2, -0.15) is 0 Å². The number of benzene rings is 2. The molecule has 2 fully saturated rings. The van der Waals surface area contributed by atoms with Gasteiger partial charge in [0.25, 0.3) is 5.91 Å². The molecule has 162 valence electrons. The normalized spacial score (nSPS) is 19.2. The van der Waals surface area contributed by atoms with E-state index in [1.54, 1.807) is 4.90 Å². The first-order valence-electron chi connectivity index (χ1n) is 10.9. The number of rotatable bonds is 5. The van der Waals surface area contributed by atoms with Crippen LogP contribution in [0.15, 0.2) is 52.4 Å². The van der Waals surface area contributed by atoms with Gasteiger partial charge in [-0.3, -0.25) is 9.69 Å². The number of amidine groups is 1. The molecule has 4 rings (SSSR count). The van der Waals surface area contributed by atoms with E-state index < -0.39 is 0 Å². The number of hydrogen-bond acceptors (Lipinski definition) is 5. The van der Waals surface area contributed by atoms with Gasteiger partial charge in [0, 0.05) is 45.1 Å². The zero-order valence-electron chi connectivity index (χ0n) is 18.8. The number of anilines is 2. The maximum Gasteiger partial charge on any atom is 0.266 e. The summed E-state index contributed by atoms with van der Waals surface area (Å²) in [5.41, 5.74) is 5.54. The van der Waals surface area contributed by atoms with E-state index in [0.29, 0.717) is 6.54 Å². The molecule has 0 unspecified atom stereocenters. The second-order valence-corrected chi connectivity index (χ2v) is 9.21. The van der Waals surface area contributed by atoms with Crippen molar-refractivity contribution in [2.45, 2.75) is 26.7 Å². The van der Waals surface area contributed by atoms with Crippen molar-refractivity contribution >= 4 is 46.0 Å². The fraction of sp³-hybridized carbons (Fsp3) is 0.360. The minimum Gasteiger partial charge on any atom is -0.378 e. The summed E-state index contributed by atoms with van der Waals surface area (Å²) in [7, 11) is 4.03. The van der Waals surface area contributed by atoms with Gasteiger partial charge < -0.3 is 9.80 Å². The second kappa shape index (κ2) is 9.18. The number of amides is 1. The van der Waals surface area contributed by atoms with Crippen molar-refractivity contribution in [3.05, 3.63) is 58.5 Å². The van der Waals surface area contributed by atoms with Crippen LogP contribution >= 0.6 is 11.8 Å². The molecule has 0 saturated carbocycles. The van der Waals surface area contributed by atoms with E-state index >= 15 is 0 Å². The van der Waals surface area contributed by atoms with Crippen LogP contribution in [0.25, 0.3) is 6.08 Å². The maximum absolute atomic E-state index is 13.0. The Hall–Kier alpha value is -2.73. The summed E-state index contributed by atoms with van der Waals surface area (Å²) < 4.78 is 0. The van der Waals surface area contributed by atoms with E-state index in [1.165, 1.54) is 35.9 Å². The minimum absolute atomic E-state index is 0.0270. The van der Waals surface area contributed by atoms with Crippen LogP contribution in [0.5, 0.6) is 0 Å². The molecule has 2 aromatic rings. The molecule has 0 N–H and O–H groups in total. The Morgan fingerprint density at radius 1 is 1.10 bits per heavy atom. The van der Waals surface area contributed by atoms with Crippen LogP contribution in [0.4, 0.5) is 17.1 Å². The third kappa shape index (κ3) is 4.64. The predicted molar refractivity (Wildman–Crippen MR) is 133 cm³/mol. The van der Waals surface area contributed by atoms with Gasteiger partial charge in [0.05, 0.1) is 10.6 Å². The van der Waals surface area contributed by atoms with Crippen LogP contribution in [0, 0.1) is 6.92 Å². The van der Waals surface area contributed by atoms with Gasteiger partial charge in [-0.05, 0) is 92.1 Å². The SMILES string of the molecule is CCN1C(=O)/C(=C/c2ccc(N3CCCC3)cc2C)SC1=Nc1ccc(N(C)C)cc1. The molecule has 0 spiro atoms. The summed E-state index contributed by atoms with van der Waals surface area (Å²) in [5, 5.41) is 0.739. The van der Waals surface area contributed by atoms with E-state index in [4.69, 9.17) is 4.99 Å². The Bertz CT molecular complexity index is 1020. The molecule has 0 atom stereocenters. The quantitative estimate of drug-likeness (QED) is 0.600. The number of hydrogen-bond donors (Lipinski definition) is 0. The van der Waals surface area contributed by atoms with Crippen molar-refractivity contribution in [1.29, 1.82) is 0 Å². The lowest BCUT2D eigenvalue weighted by Gasteiger charge is -2.18. The Morgan fingerprint density at radius 3 is 2.42 bits per heavy atom. The molecular weight excluding hydrogens is 404 g/mol. The number of carbonyl (C=O) groups is 1. The molecule has 2 aliphatic rings. The molecule has 2 saturated heterocycles. The van der Waals surface area contributed by atoms with Crippen LogP contribution in [-0.4, -0.2) is 49.7 Å². The predicted octanol–water partition coefficient (Wildman–Crippen LogP) is 5.29. The first-order chi connectivity index (χ1) is 15.0. The Morgan fingerprint density at radius 2 is 1.81 bits per heavy atom. The van der Waals surface area contributed by atoms with Crippen molar-refractivity contribution in [2.75, 3.05) is 43.5 Å². The largest absolute Gasteiger partial charge is 0.378 e. The van der Waals surface area contributed by atoms with E-state index in [9.17, 15) is 4.79 Å². The number of aliphatic imine (C=N–C) groups is 1. The lowest BCUT2D eigenvalue weighted by Crippen LogP contribution is -2.28. The number of aryl methyl sites for hydroxylation is 1. The van der Waals surface area contributed by atoms with Crippen molar-refractivity contribution < 1.29 is 4.79 Å². The van der Waals surface area contributed by atoms with Gasteiger partial charge in [-0.15, -0.1) is 0 Å². The van der Waals surface area contributed by atoms with Crippen molar-refractivity contribution in [3.63, 3.8) is 0 Å². The molecule has 2 heterocycles. The highest BCUT2D eigenvalue weighted by Gasteiger charge is 2.32.